The Balaban J connectivity index is 2.28. The highest BCUT2D eigenvalue weighted by Crippen LogP contribution is 2.18. The van der Waals surface area contributed by atoms with Crippen molar-refractivity contribution in [3.63, 3.8) is 0 Å². The Kier molecular flexibility index (Phi) is 3.82. The van der Waals surface area contributed by atoms with Gasteiger partial charge in [-0.05, 0) is 20.8 Å². The molecule has 1 aliphatic heterocycles. The van der Waals surface area contributed by atoms with Gasteiger partial charge in [0.25, 0.3) is 0 Å². The lowest BCUT2D eigenvalue weighted by Crippen LogP contribution is -2.28. The Labute approximate surface area is 109 Å². The third-order valence-corrected chi connectivity index (χ3v) is 2.82. The molecule has 0 bridgehead atoms. The van der Waals surface area contributed by atoms with Gasteiger partial charge in [-0.25, -0.2) is 0 Å². The Morgan fingerprint density at radius 2 is 1.94 bits per heavy atom. The number of ether oxygens (including phenoxy) is 1. The Hall–Kier alpha value is -1.61. The maximum absolute atomic E-state index is 5.71. The molecule has 0 atom stereocenters. The summed E-state index contributed by atoms with van der Waals surface area (Å²) in [6, 6.07) is 8.37. The minimum absolute atomic E-state index is 0.324. The van der Waals surface area contributed by atoms with E-state index < -0.39 is 0 Å². The van der Waals surface area contributed by atoms with Crippen LogP contribution in [0.3, 0.4) is 0 Å². The van der Waals surface area contributed by atoms with Crippen LogP contribution < -0.4 is 5.32 Å². The normalized spacial score (nSPS) is 22.1. The summed E-state index contributed by atoms with van der Waals surface area (Å²) in [5, 5.41) is 3.23. The second-order valence-electron chi connectivity index (χ2n) is 5.06. The van der Waals surface area contributed by atoms with Crippen LogP contribution in [0.4, 0.5) is 0 Å². The summed E-state index contributed by atoms with van der Waals surface area (Å²) in [5.41, 5.74) is 2.98. The van der Waals surface area contributed by atoms with Crippen molar-refractivity contribution in [2.45, 2.75) is 26.4 Å². The van der Waals surface area contributed by atoms with Crippen LogP contribution in [0.1, 0.15) is 25.0 Å². The van der Waals surface area contributed by atoms with Crippen LogP contribution in [0.2, 0.25) is 0 Å². The van der Waals surface area contributed by atoms with E-state index in [2.05, 4.69) is 41.5 Å². The maximum atomic E-state index is 5.71. The number of hydrogen-bond donors (Lipinski definition) is 1. The van der Waals surface area contributed by atoms with Gasteiger partial charge in [0.15, 0.2) is 0 Å². The fourth-order valence-corrected chi connectivity index (χ4v) is 1.72. The lowest BCUT2D eigenvalue weighted by molar-refractivity contribution is 0.0420. The first-order valence-electron chi connectivity index (χ1n) is 6.27. The number of hydrogen-bond acceptors (Lipinski definition) is 3. The molecule has 0 unspecified atom stereocenters. The molecule has 1 aliphatic rings. The van der Waals surface area contributed by atoms with E-state index in [9.17, 15) is 0 Å². The number of aliphatic imine (C=N–C) groups is 1. The zero-order chi connectivity index (χ0) is 13.0. The predicted molar refractivity (Wildman–Crippen MR) is 75.7 cm³/mol. The zero-order valence-electron chi connectivity index (χ0n) is 11.2. The molecular formula is C15H20N2O. The molecule has 0 saturated carbocycles. The fourth-order valence-electron chi connectivity index (χ4n) is 1.72. The quantitative estimate of drug-likeness (QED) is 0.824. The lowest BCUT2D eigenvalue weighted by atomic mass is 10.1. The molecule has 0 aromatic heterocycles. The van der Waals surface area contributed by atoms with Crippen LogP contribution in [-0.4, -0.2) is 25.0 Å². The molecule has 2 rings (SSSR count). The van der Waals surface area contributed by atoms with E-state index >= 15 is 0 Å². The number of nitrogens with one attached hydrogen (secondary N) is 1. The van der Waals surface area contributed by atoms with Crippen molar-refractivity contribution in [1.29, 1.82) is 0 Å². The van der Waals surface area contributed by atoms with Gasteiger partial charge in [-0.15, -0.1) is 0 Å². The van der Waals surface area contributed by atoms with Crippen molar-refractivity contribution >= 4 is 11.9 Å². The second kappa shape index (κ2) is 5.36. The predicted octanol–water partition coefficient (Wildman–Crippen LogP) is 2.76. The molecule has 3 heteroatoms. The zero-order valence-corrected chi connectivity index (χ0v) is 11.2. The molecule has 1 heterocycles. The molecular weight excluding hydrogens is 224 g/mol. The van der Waals surface area contributed by atoms with Gasteiger partial charge in [0.1, 0.15) is 0 Å². The first-order valence-corrected chi connectivity index (χ1v) is 6.27. The SMILES string of the molecule is Cc1ccc(/C2=C/NCCOC(C)(C)C=N2)cc1. The fraction of sp³-hybridized carbons (Fsp3) is 0.400. The first-order chi connectivity index (χ1) is 8.57. The van der Waals surface area contributed by atoms with Crippen LogP contribution in [0, 0.1) is 6.92 Å². The summed E-state index contributed by atoms with van der Waals surface area (Å²) in [4.78, 5) is 4.54. The molecule has 1 N–H and O–H groups in total. The van der Waals surface area contributed by atoms with E-state index in [1.54, 1.807) is 0 Å². The molecule has 1 aromatic rings. The number of rotatable bonds is 1. The van der Waals surface area contributed by atoms with E-state index in [1.165, 1.54) is 5.56 Å². The van der Waals surface area contributed by atoms with Crippen LogP contribution in [-0.2, 0) is 4.74 Å². The monoisotopic (exact) mass is 244 g/mol. The molecule has 0 saturated heterocycles. The van der Waals surface area contributed by atoms with Gasteiger partial charge >= 0.3 is 0 Å². The van der Waals surface area contributed by atoms with Crippen molar-refractivity contribution in [2.24, 2.45) is 4.99 Å². The molecule has 0 aliphatic carbocycles. The molecule has 0 fully saturated rings. The summed E-state index contributed by atoms with van der Waals surface area (Å²) in [7, 11) is 0. The average Bonchev–Trinajstić information content (AvgIpc) is 2.41. The number of nitrogens with zero attached hydrogens (tertiary/aromatic N) is 1. The Morgan fingerprint density at radius 1 is 1.22 bits per heavy atom. The Bertz CT molecular complexity index is 458. The summed E-state index contributed by atoms with van der Waals surface area (Å²) < 4.78 is 5.71. The van der Waals surface area contributed by atoms with Gasteiger partial charge < -0.3 is 10.1 Å². The van der Waals surface area contributed by atoms with E-state index in [-0.39, 0.29) is 5.60 Å². The number of benzene rings is 1. The molecule has 0 radical (unpaired) electrons. The molecule has 3 nitrogen and oxygen atoms in total. The van der Waals surface area contributed by atoms with Crippen LogP contribution in [0.15, 0.2) is 35.5 Å². The minimum atomic E-state index is -0.324. The van der Waals surface area contributed by atoms with Crippen molar-refractivity contribution in [2.75, 3.05) is 13.2 Å². The van der Waals surface area contributed by atoms with Crippen molar-refractivity contribution < 1.29 is 4.74 Å². The van der Waals surface area contributed by atoms with Gasteiger partial charge in [-0.2, -0.15) is 0 Å². The molecule has 1 aromatic carbocycles. The summed E-state index contributed by atoms with van der Waals surface area (Å²) in [5.74, 6) is 0. The topological polar surface area (TPSA) is 33.6 Å². The first kappa shape index (κ1) is 12.8. The molecule has 0 spiro atoms. The van der Waals surface area contributed by atoms with Gasteiger partial charge in [-0.1, -0.05) is 29.8 Å². The average molecular weight is 244 g/mol. The molecule has 0 amide bonds. The summed E-state index contributed by atoms with van der Waals surface area (Å²) >= 11 is 0. The van der Waals surface area contributed by atoms with Gasteiger partial charge in [0.2, 0.25) is 0 Å². The third kappa shape index (κ3) is 3.44. The summed E-state index contributed by atoms with van der Waals surface area (Å²) in [6.07, 6.45) is 3.82. The van der Waals surface area contributed by atoms with Crippen LogP contribution in [0.5, 0.6) is 0 Å². The lowest BCUT2D eigenvalue weighted by Gasteiger charge is -2.19. The van der Waals surface area contributed by atoms with E-state index in [0.29, 0.717) is 6.61 Å². The van der Waals surface area contributed by atoms with Crippen LogP contribution >= 0.6 is 0 Å². The van der Waals surface area contributed by atoms with E-state index in [1.807, 2.05) is 26.3 Å². The standard InChI is InChI=1S/C15H20N2O/c1-12-4-6-13(7-5-12)14-10-16-8-9-18-15(2,3)11-17-14/h4-7,10-11,16H,8-9H2,1-3H3/b14-10-,17-11?. The highest BCUT2D eigenvalue weighted by Gasteiger charge is 2.16. The third-order valence-electron chi connectivity index (χ3n) is 2.82. The van der Waals surface area contributed by atoms with Crippen LogP contribution in [0.25, 0.3) is 5.70 Å². The minimum Gasteiger partial charge on any atom is -0.387 e. The maximum Gasteiger partial charge on any atom is 0.0977 e. The van der Waals surface area contributed by atoms with Gasteiger partial charge in [-0.3, -0.25) is 4.99 Å². The second-order valence-corrected chi connectivity index (χ2v) is 5.06. The van der Waals surface area contributed by atoms with E-state index in [0.717, 1.165) is 17.8 Å². The highest BCUT2D eigenvalue weighted by atomic mass is 16.5. The Morgan fingerprint density at radius 3 is 2.67 bits per heavy atom. The smallest absolute Gasteiger partial charge is 0.0977 e. The molecule has 18 heavy (non-hydrogen) atoms. The van der Waals surface area contributed by atoms with Crippen molar-refractivity contribution in [3.05, 3.63) is 41.6 Å². The highest BCUT2D eigenvalue weighted by molar-refractivity contribution is 5.78. The summed E-state index contributed by atoms with van der Waals surface area (Å²) in [6.45, 7) is 7.60. The van der Waals surface area contributed by atoms with Gasteiger partial charge in [0, 0.05) is 24.5 Å². The van der Waals surface area contributed by atoms with Gasteiger partial charge in [0.05, 0.1) is 17.9 Å². The van der Waals surface area contributed by atoms with Crippen molar-refractivity contribution in [3.8, 4) is 0 Å². The molecule has 96 valence electrons. The largest absolute Gasteiger partial charge is 0.387 e. The van der Waals surface area contributed by atoms with E-state index in [4.69, 9.17) is 4.74 Å². The number of aryl methyl sites for hydroxylation is 1. The van der Waals surface area contributed by atoms with Crippen molar-refractivity contribution in [1.82, 2.24) is 5.32 Å².